The summed E-state index contributed by atoms with van der Waals surface area (Å²) in [7, 11) is 0. The molecule has 1 aliphatic rings. The maximum Gasteiger partial charge on any atom is 0.203 e. The Labute approximate surface area is 98.5 Å². The molecule has 17 heavy (non-hydrogen) atoms. The van der Waals surface area contributed by atoms with E-state index in [0.29, 0.717) is 26.3 Å². The summed E-state index contributed by atoms with van der Waals surface area (Å²) in [5.74, 6) is -0.322. The molecule has 0 aromatic carbocycles. The van der Waals surface area contributed by atoms with Crippen LogP contribution in [0.3, 0.4) is 0 Å². The second kappa shape index (κ2) is 5.09. The van der Waals surface area contributed by atoms with Crippen LogP contribution in [-0.2, 0) is 4.74 Å². The second-order valence-corrected chi connectivity index (χ2v) is 3.88. The number of rotatable bonds is 0. The molecule has 5 nitrogen and oxygen atoms in total. The van der Waals surface area contributed by atoms with Crippen molar-refractivity contribution >= 4 is 5.96 Å². The lowest BCUT2D eigenvalue weighted by molar-refractivity contribution is 0.147. The van der Waals surface area contributed by atoms with Gasteiger partial charge < -0.3 is 9.64 Å². The first-order chi connectivity index (χ1) is 8.18. The van der Waals surface area contributed by atoms with E-state index >= 15 is 0 Å². The number of ether oxygens (including phenoxy) is 1. The number of nitrogens with one attached hydrogen (secondary N) is 2. The van der Waals surface area contributed by atoms with Gasteiger partial charge in [0.25, 0.3) is 0 Å². The molecule has 0 saturated carbocycles. The molecule has 1 fully saturated rings. The average molecular weight is 238 g/mol. The molecule has 1 saturated heterocycles. The standard InChI is InChI=1S/C11H15FN4O/c12-9-2-3-10(13)16(8-9)11(14)15-4-1-6-17-7-5-15/h2-3,8,13-14H,1,4-7H2. The summed E-state index contributed by atoms with van der Waals surface area (Å²) in [5, 5.41) is 15.7. The monoisotopic (exact) mass is 238 g/mol. The van der Waals surface area contributed by atoms with Crippen molar-refractivity contribution in [3.05, 3.63) is 29.6 Å². The molecule has 0 radical (unpaired) electrons. The minimum Gasteiger partial charge on any atom is -0.380 e. The van der Waals surface area contributed by atoms with E-state index in [0.717, 1.165) is 12.6 Å². The smallest absolute Gasteiger partial charge is 0.203 e. The number of nitrogens with zero attached hydrogens (tertiary/aromatic N) is 2. The maximum atomic E-state index is 13.1. The van der Waals surface area contributed by atoms with E-state index in [1.165, 1.54) is 16.7 Å². The van der Waals surface area contributed by atoms with E-state index in [4.69, 9.17) is 15.6 Å². The van der Waals surface area contributed by atoms with Crippen molar-refractivity contribution in [3.63, 3.8) is 0 Å². The summed E-state index contributed by atoms with van der Waals surface area (Å²) in [5.41, 5.74) is 0.0987. The van der Waals surface area contributed by atoms with Crippen molar-refractivity contribution in [1.82, 2.24) is 9.47 Å². The van der Waals surface area contributed by atoms with Gasteiger partial charge >= 0.3 is 0 Å². The van der Waals surface area contributed by atoms with Crippen molar-refractivity contribution < 1.29 is 9.13 Å². The number of halogens is 1. The fourth-order valence-corrected chi connectivity index (χ4v) is 1.76. The van der Waals surface area contributed by atoms with Gasteiger partial charge in [-0.05, 0) is 18.6 Å². The Morgan fingerprint density at radius 3 is 2.94 bits per heavy atom. The molecule has 0 aliphatic carbocycles. The molecule has 2 rings (SSSR count). The normalized spacial score (nSPS) is 16.6. The molecule has 92 valence electrons. The maximum absolute atomic E-state index is 13.1. The highest BCUT2D eigenvalue weighted by molar-refractivity contribution is 5.79. The van der Waals surface area contributed by atoms with E-state index in [1.54, 1.807) is 4.90 Å². The van der Waals surface area contributed by atoms with Crippen LogP contribution in [0, 0.1) is 16.6 Å². The summed E-state index contributed by atoms with van der Waals surface area (Å²) in [6.07, 6.45) is 2.00. The molecule has 6 heteroatoms. The van der Waals surface area contributed by atoms with Crippen LogP contribution < -0.4 is 5.49 Å². The molecule has 1 aromatic heterocycles. The predicted molar refractivity (Wildman–Crippen MR) is 60.4 cm³/mol. The molecule has 0 atom stereocenters. The van der Waals surface area contributed by atoms with E-state index < -0.39 is 5.82 Å². The number of hydrogen-bond acceptors (Lipinski definition) is 3. The van der Waals surface area contributed by atoms with Gasteiger partial charge in [0, 0.05) is 25.9 Å². The first-order valence-electron chi connectivity index (χ1n) is 5.53. The van der Waals surface area contributed by atoms with Gasteiger partial charge in [-0.2, -0.15) is 0 Å². The molecule has 2 heterocycles. The highest BCUT2D eigenvalue weighted by Gasteiger charge is 2.14. The Bertz CT molecular complexity index is 463. The Morgan fingerprint density at radius 2 is 2.12 bits per heavy atom. The van der Waals surface area contributed by atoms with Crippen LogP contribution in [0.15, 0.2) is 18.3 Å². The second-order valence-electron chi connectivity index (χ2n) is 3.88. The zero-order chi connectivity index (χ0) is 12.3. The lowest BCUT2D eigenvalue weighted by Gasteiger charge is -2.23. The summed E-state index contributed by atoms with van der Waals surface area (Å²) in [6, 6.07) is 2.57. The number of hydrogen-bond donors (Lipinski definition) is 2. The predicted octanol–water partition coefficient (Wildman–Crippen LogP) is 0.612. The highest BCUT2D eigenvalue weighted by Crippen LogP contribution is 2.01. The lowest BCUT2D eigenvalue weighted by atomic mass is 10.4. The van der Waals surface area contributed by atoms with Gasteiger partial charge in [-0.3, -0.25) is 15.4 Å². The quantitative estimate of drug-likeness (QED) is 0.514. The average Bonchev–Trinajstić information content (AvgIpc) is 2.60. The van der Waals surface area contributed by atoms with Gasteiger partial charge in [-0.15, -0.1) is 0 Å². The van der Waals surface area contributed by atoms with Crippen molar-refractivity contribution in [2.75, 3.05) is 26.3 Å². The highest BCUT2D eigenvalue weighted by atomic mass is 19.1. The van der Waals surface area contributed by atoms with E-state index in [2.05, 4.69) is 0 Å². The fraction of sp³-hybridized carbons (Fsp3) is 0.455. The third-order valence-electron chi connectivity index (χ3n) is 2.66. The first-order valence-corrected chi connectivity index (χ1v) is 5.53. The topological polar surface area (TPSA) is 65.1 Å². The number of pyridine rings is 1. The largest absolute Gasteiger partial charge is 0.380 e. The van der Waals surface area contributed by atoms with E-state index in [1.807, 2.05) is 0 Å². The zero-order valence-corrected chi connectivity index (χ0v) is 9.45. The Kier molecular flexibility index (Phi) is 3.53. The minimum absolute atomic E-state index is 0.0987. The molecule has 0 amide bonds. The van der Waals surface area contributed by atoms with Crippen molar-refractivity contribution in [3.8, 4) is 0 Å². The van der Waals surface area contributed by atoms with Crippen molar-refractivity contribution in [2.24, 2.45) is 0 Å². The Morgan fingerprint density at radius 1 is 1.29 bits per heavy atom. The first kappa shape index (κ1) is 11.8. The molecular formula is C11H15FN4O. The van der Waals surface area contributed by atoms with Gasteiger partial charge in [0.15, 0.2) is 0 Å². The van der Waals surface area contributed by atoms with Crippen LogP contribution in [0.4, 0.5) is 4.39 Å². The van der Waals surface area contributed by atoms with Gasteiger partial charge in [-0.1, -0.05) is 0 Å². The zero-order valence-electron chi connectivity index (χ0n) is 9.45. The third kappa shape index (κ3) is 2.71. The fourth-order valence-electron chi connectivity index (χ4n) is 1.76. The molecule has 0 unspecified atom stereocenters. The van der Waals surface area contributed by atoms with Crippen molar-refractivity contribution in [2.45, 2.75) is 6.42 Å². The number of aromatic nitrogens is 1. The Hall–Kier alpha value is -1.69. The van der Waals surface area contributed by atoms with Gasteiger partial charge in [0.1, 0.15) is 11.3 Å². The van der Waals surface area contributed by atoms with E-state index in [-0.39, 0.29) is 11.4 Å². The van der Waals surface area contributed by atoms with Crippen LogP contribution in [0.2, 0.25) is 0 Å². The van der Waals surface area contributed by atoms with Gasteiger partial charge in [0.2, 0.25) is 5.96 Å². The van der Waals surface area contributed by atoms with Gasteiger partial charge in [0.05, 0.1) is 6.61 Å². The van der Waals surface area contributed by atoms with Crippen LogP contribution >= 0.6 is 0 Å². The SMILES string of the molecule is N=C(N1CCCOCC1)n1cc(F)ccc1=N. The van der Waals surface area contributed by atoms with Crippen LogP contribution in [0.25, 0.3) is 0 Å². The molecule has 0 bridgehead atoms. The summed E-state index contributed by atoms with van der Waals surface area (Å²) < 4.78 is 19.6. The third-order valence-corrected chi connectivity index (χ3v) is 2.66. The van der Waals surface area contributed by atoms with Crippen LogP contribution in [0.5, 0.6) is 0 Å². The lowest BCUT2D eigenvalue weighted by Crippen LogP contribution is -2.41. The van der Waals surface area contributed by atoms with Crippen molar-refractivity contribution in [1.29, 1.82) is 10.8 Å². The van der Waals surface area contributed by atoms with E-state index in [9.17, 15) is 4.39 Å². The summed E-state index contributed by atoms with van der Waals surface area (Å²) in [6.45, 7) is 2.54. The molecular weight excluding hydrogens is 223 g/mol. The van der Waals surface area contributed by atoms with Gasteiger partial charge in [-0.25, -0.2) is 4.39 Å². The summed E-state index contributed by atoms with van der Waals surface area (Å²) >= 11 is 0. The molecule has 1 aliphatic heterocycles. The van der Waals surface area contributed by atoms with Crippen LogP contribution in [0.1, 0.15) is 6.42 Å². The summed E-state index contributed by atoms with van der Waals surface area (Å²) in [4.78, 5) is 1.80. The van der Waals surface area contributed by atoms with Crippen LogP contribution in [-0.4, -0.2) is 41.7 Å². The molecule has 1 aromatic rings. The minimum atomic E-state index is -0.447. The molecule has 2 N–H and O–H groups in total. The molecule has 0 spiro atoms. The Balaban J connectivity index is 2.23.